The normalized spacial score (nSPS) is 13.2. The number of rotatable bonds is 12. The summed E-state index contributed by atoms with van der Waals surface area (Å²) >= 11 is 25.2. The van der Waals surface area contributed by atoms with Gasteiger partial charge in [-0.1, -0.05) is 47.8 Å². The van der Waals surface area contributed by atoms with E-state index in [4.69, 9.17) is 14.2 Å². The monoisotopic (exact) mass is 874 g/mol. The van der Waals surface area contributed by atoms with Gasteiger partial charge < -0.3 is 14.2 Å². The van der Waals surface area contributed by atoms with Crippen LogP contribution >= 0.6 is 112 Å². The number of alkyl halides is 3. The predicted molar refractivity (Wildman–Crippen MR) is 153 cm³/mol. The van der Waals surface area contributed by atoms with Crippen LogP contribution < -0.4 is 9.47 Å². The topological polar surface area (TPSA) is 27.7 Å². The average Bonchev–Trinajstić information content (AvgIpc) is 2.70. The number of benzene rings is 2. The van der Waals surface area contributed by atoms with Gasteiger partial charge in [-0.2, -0.15) is 0 Å². The summed E-state index contributed by atoms with van der Waals surface area (Å²) in [4.78, 5) is 0.385. The van der Waals surface area contributed by atoms with E-state index in [9.17, 15) is 0 Å². The molecule has 0 aliphatic rings. The fraction of sp³-hybridized carbons (Fsp3) is 0.429. The Bertz CT molecular complexity index is 817. The van der Waals surface area contributed by atoms with Gasteiger partial charge in [0.05, 0.1) is 34.2 Å². The molecule has 31 heavy (non-hydrogen) atoms. The van der Waals surface area contributed by atoms with Crippen LogP contribution in [-0.2, 0) is 11.2 Å². The van der Waals surface area contributed by atoms with E-state index in [0.717, 1.165) is 52.3 Å². The van der Waals surface area contributed by atoms with Gasteiger partial charge in [-0.15, -0.1) is 0 Å². The van der Waals surface area contributed by atoms with Gasteiger partial charge in [-0.25, -0.2) is 0 Å². The van der Waals surface area contributed by atoms with Crippen LogP contribution in [0.4, 0.5) is 0 Å². The maximum absolute atomic E-state index is 5.98. The number of hydrogen-bond donors (Lipinski definition) is 0. The molecule has 2 rings (SSSR count). The summed E-state index contributed by atoms with van der Waals surface area (Å²) in [5.41, 5.74) is 2.31. The predicted octanol–water partition coefficient (Wildman–Crippen LogP) is 9.04. The molecule has 0 saturated carbocycles. The highest BCUT2D eigenvalue weighted by atomic mass is 79.9. The molecular formula is C21H21Br7O3. The average molecular weight is 881 g/mol. The van der Waals surface area contributed by atoms with Gasteiger partial charge >= 0.3 is 0 Å². The van der Waals surface area contributed by atoms with Crippen LogP contribution in [0.3, 0.4) is 0 Å². The van der Waals surface area contributed by atoms with Crippen molar-refractivity contribution in [1.29, 1.82) is 0 Å². The van der Waals surface area contributed by atoms with Crippen molar-refractivity contribution in [2.75, 3.05) is 31.8 Å². The maximum Gasteiger partial charge on any atom is 0.147 e. The van der Waals surface area contributed by atoms with Crippen LogP contribution in [0.2, 0.25) is 0 Å². The minimum atomic E-state index is 0.135. The van der Waals surface area contributed by atoms with Gasteiger partial charge in [0.2, 0.25) is 0 Å². The van der Waals surface area contributed by atoms with Gasteiger partial charge in [-0.05, 0) is 112 Å². The third kappa shape index (κ3) is 9.49. The fourth-order valence-corrected chi connectivity index (χ4v) is 6.28. The third-order valence-electron chi connectivity index (χ3n) is 4.01. The lowest BCUT2D eigenvalue weighted by atomic mass is 10.0. The minimum absolute atomic E-state index is 0.135. The Balaban J connectivity index is 2.09. The molecule has 2 unspecified atom stereocenters. The van der Waals surface area contributed by atoms with Gasteiger partial charge in [0, 0.05) is 11.9 Å². The summed E-state index contributed by atoms with van der Waals surface area (Å²) in [5, 5.41) is 0.826. The lowest BCUT2D eigenvalue weighted by molar-refractivity contribution is 0.136. The molecule has 0 heterocycles. The summed E-state index contributed by atoms with van der Waals surface area (Å²) in [6.45, 7) is 4.37. The van der Waals surface area contributed by atoms with Crippen LogP contribution in [0.15, 0.2) is 42.2 Å². The fourth-order valence-electron chi connectivity index (χ4n) is 2.63. The SMILES string of the molecule is CCOCC(Br)COc1c(Br)cc(Cc2cc(Br)c(OCC(Br)CBr)c(Br)c2)cc1Br. The van der Waals surface area contributed by atoms with E-state index in [1.807, 2.05) is 6.92 Å². The molecule has 0 aliphatic carbocycles. The van der Waals surface area contributed by atoms with Crippen molar-refractivity contribution in [3.63, 3.8) is 0 Å². The molecule has 0 radical (unpaired) electrons. The lowest BCUT2D eigenvalue weighted by Gasteiger charge is -2.16. The van der Waals surface area contributed by atoms with Crippen molar-refractivity contribution in [3.8, 4) is 11.5 Å². The first-order chi connectivity index (χ1) is 14.7. The smallest absolute Gasteiger partial charge is 0.147 e. The van der Waals surface area contributed by atoms with E-state index in [1.165, 1.54) is 0 Å². The minimum Gasteiger partial charge on any atom is -0.490 e. The van der Waals surface area contributed by atoms with Crippen molar-refractivity contribution >= 4 is 112 Å². The highest BCUT2D eigenvalue weighted by Gasteiger charge is 2.15. The first-order valence-electron chi connectivity index (χ1n) is 9.38. The summed E-state index contributed by atoms with van der Waals surface area (Å²) in [7, 11) is 0. The lowest BCUT2D eigenvalue weighted by Crippen LogP contribution is -2.18. The molecule has 0 spiro atoms. The highest BCUT2D eigenvalue weighted by molar-refractivity contribution is 9.12. The number of hydrogen-bond acceptors (Lipinski definition) is 3. The van der Waals surface area contributed by atoms with E-state index in [1.54, 1.807) is 0 Å². The van der Waals surface area contributed by atoms with Gasteiger partial charge in [0.1, 0.15) is 24.7 Å². The molecule has 2 aromatic rings. The summed E-state index contributed by atoms with van der Waals surface area (Å²) < 4.78 is 21.0. The van der Waals surface area contributed by atoms with Gasteiger partial charge in [0.25, 0.3) is 0 Å². The Kier molecular flexibility index (Phi) is 13.6. The van der Waals surface area contributed by atoms with Crippen LogP contribution in [0.1, 0.15) is 18.1 Å². The molecule has 10 heteroatoms. The molecule has 3 nitrogen and oxygen atoms in total. The first kappa shape index (κ1) is 28.6. The van der Waals surface area contributed by atoms with E-state index < -0.39 is 0 Å². The number of ether oxygens (including phenoxy) is 3. The van der Waals surface area contributed by atoms with E-state index >= 15 is 0 Å². The Morgan fingerprint density at radius 3 is 1.52 bits per heavy atom. The van der Waals surface area contributed by atoms with Crippen molar-refractivity contribution in [2.24, 2.45) is 0 Å². The molecular weight excluding hydrogens is 860 g/mol. The molecule has 2 aromatic carbocycles. The zero-order valence-corrected chi connectivity index (χ0v) is 27.7. The van der Waals surface area contributed by atoms with Gasteiger partial charge in [-0.3, -0.25) is 0 Å². The Morgan fingerprint density at radius 1 is 0.710 bits per heavy atom. The summed E-state index contributed by atoms with van der Waals surface area (Å²) in [6, 6.07) is 8.35. The van der Waals surface area contributed by atoms with Crippen molar-refractivity contribution < 1.29 is 14.2 Å². The highest BCUT2D eigenvalue weighted by Crippen LogP contribution is 2.38. The molecule has 0 amide bonds. The van der Waals surface area contributed by atoms with Crippen molar-refractivity contribution in [1.82, 2.24) is 0 Å². The molecule has 0 fully saturated rings. The zero-order chi connectivity index (χ0) is 23.0. The molecule has 0 N–H and O–H groups in total. The van der Waals surface area contributed by atoms with Crippen LogP contribution in [-0.4, -0.2) is 41.4 Å². The Morgan fingerprint density at radius 2 is 1.13 bits per heavy atom. The molecule has 172 valence electrons. The molecule has 2 atom stereocenters. The van der Waals surface area contributed by atoms with Crippen molar-refractivity contribution in [2.45, 2.75) is 23.0 Å². The van der Waals surface area contributed by atoms with Gasteiger partial charge in [0.15, 0.2) is 0 Å². The van der Waals surface area contributed by atoms with Crippen LogP contribution in [0.5, 0.6) is 11.5 Å². The second kappa shape index (κ2) is 14.7. The molecule has 0 aliphatic heterocycles. The maximum atomic E-state index is 5.98. The summed E-state index contributed by atoms with van der Waals surface area (Å²) in [5.74, 6) is 1.59. The molecule has 0 saturated heterocycles. The van der Waals surface area contributed by atoms with E-state index in [-0.39, 0.29) is 9.65 Å². The standard InChI is InChI=1S/C21H21Br7O3/c1-2-29-9-15(24)11-31-21-18(27)6-13(7-19(21)28)3-12-4-16(25)20(17(26)5-12)30-10-14(23)8-22/h4-7,14-15H,2-3,8-11H2,1H3. The summed E-state index contributed by atoms with van der Waals surface area (Å²) in [6.07, 6.45) is 0.767. The largest absolute Gasteiger partial charge is 0.490 e. The second-order valence-electron chi connectivity index (χ2n) is 6.58. The zero-order valence-electron chi connectivity index (χ0n) is 16.6. The van der Waals surface area contributed by atoms with Crippen LogP contribution in [0, 0.1) is 0 Å². The quantitative estimate of drug-likeness (QED) is 0.200. The van der Waals surface area contributed by atoms with Crippen molar-refractivity contribution in [3.05, 3.63) is 53.3 Å². The second-order valence-corrected chi connectivity index (χ2v) is 13.2. The van der Waals surface area contributed by atoms with E-state index in [0.29, 0.717) is 26.4 Å². The molecule has 0 aromatic heterocycles. The molecule has 0 bridgehead atoms. The Labute approximate surface area is 242 Å². The first-order valence-corrected chi connectivity index (χ1v) is 15.5. The number of halogens is 7. The third-order valence-corrected chi connectivity index (χ3v) is 9.14. The van der Waals surface area contributed by atoms with Crippen LogP contribution in [0.25, 0.3) is 0 Å². The Hall–Kier alpha value is 1.36. The van der Waals surface area contributed by atoms with E-state index in [2.05, 4.69) is 136 Å².